The second-order valence-electron chi connectivity index (χ2n) is 7.96. The number of likely N-dealkylation sites (N-methyl/N-ethyl adjacent to an activating group) is 1. The fourth-order valence-electron chi connectivity index (χ4n) is 3.83. The smallest absolute Gasteiger partial charge is 0.267 e. The summed E-state index contributed by atoms with van der Waals surface area (Å²) in [6.07, 6.45) is 4.68. The number of hydrogen-bond acceptors (Lipinski definition) is 9. The molecule has 11 nitrogen and oxygen atoms in total. The lowest BCUT2D eigenvalue weighted by molar-refractivity contribution is -0.192. The zero-order chi connectivity index (χ0) is 23.3. The van der Waals surface area contributed by atoms with E-state index in [-0.39, 0.29) is 18.6 Å². The average molecular weight is 445 g/mol. The Kier molecular flexibility index (Phi) is 4.82. The molecule has 0 radical (unpaired) electrons. The van der Waals surface area contributed by atoms with Gasteiger partial charge >= 0.3 is 0 Å². The summed E-state index contributed by atoms with van der Waals surface area (Å²) in [6, 6.07) is 5.64. The van der Waals surface area contributed by atoms with Crippen LogP contribution in [0.1, 0.15) is 24.3 Å². The molecule has 33 heavy (non-hydrogen) atoms. The first kappa shape index (κ1) is 20.6. The molecule has 0 aliphatic carbocycles. The van der Waals surface area contributed by atoms with Gasteiger partial charge in [0.2, 0.25) is 0 Å². The number of hydroxylamine groups is 2. The van der Waals surface area contributed by atoms with Crippen molar-refractivity contribution in [1.82, 2.24) is 29.8 Å². The number of carbonyl (C=O) groups excluding carboxylic acids is 1. The summed E-state index contributed by atoms with van der Waals surface area (Å²) in [5.41, 5.74) is 16.0. The predicted molar refractivity (Wildman–Crippen MR) is 124 cm³/mol. The monoisotopic (exact) mass is 445 g/mol. The predicted octanol–water partition coefficient (Wildman–Crippen LogP) is 2.57. The lowest BCUT2D eigenvalue weighted by atomic mass is 10.0. The van der Waals surface area contributed by atoms with Crippen LogP contribution in [0.25, 0.3) is 22.0 Å². The maximum absolute atomic E-state index is 12.1. The molecule has 1 aliphatic heterocycles. The van der Waals surface area contributed by atoms with E-state index in [4.69, 9.17) is 16.3 Å². The summed E-state index contributed by atoms with van der Waals surface area (Å²) in [5, 5.41) is 10.5. The summed E-state index contributed by atoms with van der Waals surface area (Å²) in [5.74, 6) is 1.32. The largest absolute Gasteiger partial charge is 0.397 e. The molecule has 4 aromatic rings. The molecule has 0 bridgehead atoms. The van der Waals surface area contributed by atoms with E-state index >= 15 is 0 Å². The van der Waals surface area contributed by atoms with Crippen molar-refractivity contribution in [2.24, 2.45) is 0 Å². The number of pyridine rings is 3. The maximum Gasteiger partial charge on any atom is 0.267 e. The van der Waals surface area contributed by atoms with Crippen LogP contribution in [0, 0.1) is 6.92 Å². The van der Waals surface area contributed by atoms with Gasteiger partial charge in [0.25, 0.3) is 5.91 Å². The molecule has 0 unspecified atom stereocenters. The van der Waals surface area contributed by atoms with E-state index < -0.39 is 0 Å². The minimum absolute atomic E-state index is 0.0994. The number of rotatable bonds is 3. The van der Waals surface area contributed by atoms with E-state index in [1.807, 2.05) is 32.0 Å². The quantitative estimate of drug-likeness (QED) is 0.432. The number of nitrogens with two attached hydrogens (primary N) is 2. The average Bonchev–Trinajstić information content (AvgIpc) is 3.13. The van der Waals surface area contributed by atoms with Crippen molar-refractivity contribution < 1.29 is 9.63 Å². The number of aromatic nitrogens is 5. The van der Waals surface area contributed by atoms with Crippen molar-refractivity contribution in [2.75, 3.05) is 23.8 Å². The summed E-state index contributed by atoms with van der Waals surface area (Å²) in [6.45, 7) is 3.89. The van der Waals surface area contributed by atoms with E-state index in [1.54, 1.807) is 30.3 Å². The lowest BCUT2D eigenvalue weighted by Crippen LogP contribution is -2.28. The van der Waals surface area contributed by atoms with Gasteiger partial charge in [-0.25, -0.2) is 15.0 Å². The number of nitrogens with zero attached hydrogens (tertiary/aromatic N) is 6. The fourth-order valence-corrected chi connectivity index (χ4v) is 3.83. The van der Waals surface area contributed by atoms with Gasteiger partial charge in [0.05, 0.1) is 23.3 Å². The molecule has 4 aromatic heterocycles. The molecule has 0 saturated carbocycles. The molecule has 1 aliphatic rings. The molecular formula is C22H23N9O2. The standard InChI is InChI=1S/C22H23N9O2/c1-11-14(7-25-9-16(11)23)17-4-13-5-19(26-8-15(13)22(24)27-17)28-20-6-18-12(2)33-30(3)21(32)10-31(18)29-20/h4-9,12H,10,23H2,1-3H3,(H2,24,27)(H,26,28,29)/t12-/m1/s1. The first-order valence-electron chi connectivity index (χ1n) is 10.3. The molecular weight excluding hydrogens is 422 g/mol. The second kappa shape index (κ2) is 7.71. The van der Waals surface area contributed by atoms with Crippen LogP contribution in [-0.4, -0.2) is 42.8 Å². The second-order valence-corrected chi connectivity index (χ2v) is 7.96. The van der Waals surface area contributed by atoms with E-state index in [0.717, 1.165) is 27.6 Å². The Morgan fingerprint density at radius 1 is 1.15 bits per heavy atom. The number of anilines is 4. The van der Waals surface area contributed by atoms with Crippen molar-refractivity contribution in [3.8, 4) is 11.3 Å². The Morgan fingerprint density at radius 3 is 2.79 bits per heavy atom. The van der Waals surface area contributed by atoms with Gasteiger partial charge in [-0.1, -0.05) is 0 Å². The van der Waals surface area contributed by atoms with Crippen LogP contribution in [-0.2, 0) is 16.2 Å². The molecule has 1 atom stereocenters. The van der Waals surface area contributed by atoms with Crippen molar-refractivity contribution >= 4 is 39.8 Å². The van der Waals surface area contributed by atoms with Crippen LogP contribution < -0.4 is 16.8 Å². The van der Waals surface area contributed by atoms with Gasteiger partial charge in [-0.05, 0) is 36.9 Å². The topological polar surface area (TPSA) is 150 Å². The fraction of sp³-hybridized carbons (Fsp3) is 0.227. The van der Waals surface area contributed by atoms with Crippen LogP contribution in [0.5, 0.6) is 0 Å². The van der Waals surface area contributed by atoms with Crippen molar-refractivity contribution in [2.45, 2.75) is 26.5 Å². The Hall–Kier alpha value is -4.25. The minimum atomic E-state index is -0.322. The molecule has 11 heteroatoms. The third kappa shape index (κ3) is 3.68. The highest BCUT2D eigenvalue weighted by Crippen LogP contribution is 2.31. The van der Waals surface area contributed by atoms with Gasteiger partial charge in [-0.15, -0.1) is 0 Å². The van der Waals surface area contributed by atoms with Crippen LogP contribution >= 0.6 is 0 Å². The molecule has 0 saturated heterocycles. The number of amides is 1. The number of carbonyl (C=O) groups is 1. The molecule has 5 N–H and O–H groups in total. The van der Waals surface area contributed by atoms with Gasteiger partial charge in [0.15, 0.2) is 5.82 Å². The number of fused-ring (bicyclic) bond motifs is 2. The first-order chi connectivity index (χ1) is 15.8. The van der Waals surface area contributed by atoms with E-state index in [0.29, 0.717) is 28.8 Å². The number of nitrogens with one attached hydrogen (secondary N) is 1. The van der Waals surface area contributed by atoms with Crippen LogP contribution in [0.15, 0.2) is 36.8 Å². The van der Waals surface area contributed by atoms with Crippen molar-refractivity contribution in [3.05, 3.63) is 48.0 Å². The van der Waals surface area contributed by atoms with Crippen LogP contribution in [0.3, 0.4) is 0 Å². The highest BCUT2D eigenvalue weighted by atomic mass is 16.7. The summed E-state index contributed by atoms with van der Waals surface area (Å²) in [4.78, 5) is 30.9. The zero-order valence-corrected chi connectivity index (χ0v) is 18.4. The Bertz CT molecular complexity index is 1400. The van der Waals surface area contributed by atoms with E-state index in [2.05, 4.69) is 25.4 Å². The highest BCUT2D eigenvalue weighted by molar-refractivity contribution is 5.95. The van der Waals surface area contributed by atoms with Crippen LogP contribution in [0.2, 0.25) is 0 Å². The zero-order valence-electron chi connectivity index (χ0n) is 18.4. The van der Waals surface area contributed by atoms with Gasteiger partial charge < -0.3 is 16.8 Å². The van der Waals surface area contributed by atoms with Gasteiger partial charge in [-0.3, -0.25) is 19.3 Å². The first-order valence-corrected chi connectivity index (χ1v) is 10.3. The SMILES string of the molecule is Cc1c(N)cncc1-c1cc2cc(Nc3cc4n(n3)CC(=O)N(C)O[C@@H]4C)ncc2c(N)n1. The highest BCUT2D eigenvalue weighted by Gasteiger charge is 2.25. The molecule has 0 aromatic carbocycles. The molecule has 0 spiro atoms. The van der Waals surface area contributed by atoms with E-state index in [1.165, 1.54) is 5.06 Å². The van der Waals surface area contributed by atoms with Crippen molar-refractivity contribution in [1.29, 1.82) is 0 Å². The van der Waals surface area contributed by atoms with E-state index in [9.17, 15) is 4.79 Å². The molecule has 5 heterocycles. The van der Waals surface area contributed by atoms with Crippen molar-refractivity contribution in [3.63, 3.8) is 0 Å². The molecule has 1 amide bonds. The third-order valence-electron chi connectivity index (χ3n) is 5.71. The molecule has 5 rings (SSSR count). The summed E-state index contributed by atoms with van der Waals surface area (Å²) >= 11 is 0. The van der Waals surface area contributed by atoms with Gasteiger partial charge in [0, 0.05) is 36.5 Å². The summed E-state index contributed by atoms with van der Waals surface area (Å²) < 4.78 is 1.63. The lowest BCUT2D eigenvalue weighted by Gasteiger charge is -2.16. The Balaban J connectivity index is 1.50. The Morgan fingerprint density at radius 2 is 1.97 bits per heavy atom. The van der Waals surface area contributed by atoms with Gasteiger partial charge in [0.1, 0.15) is 24.3 Å². The minimum Gasteiger partial charge on any atom is -0.397 e. The van der Waals surface area contributed by atoms with Crippen LogP contribution in [0.4, 0.5) is 23.1 Å². The summed E-state index contributed by atoms with van der Waals surface area (Å²) in [7, 11) is 1.60. The molecule has 168 valence electrons. The normalized spacial score (nSPS) is 16.0. The maximum atomic E-state index is 12.1. The van der Waals surface area contributed by atoms with Gasteiger partial charge in [-0.2, -0.15) is 5.10 Å². The number of nitrogen functional groups attached to an aromatic ring is 2. The third-order valence-corrected chi connectivity index (χ3v) is 5.71. The number of hydrogen-bond donors (Lipinski definition) is 3. The molecule has 0 fully saturated rings. The Labute approximate surface area is 189 Å².